The predicted molar refractivity (Wildman–Crippen MR) is 330 cm³/mol. The first-order valence-electron chi connectivity index (χ1n) is 25.5. The van der Waals surface area contributed by atoms with Crippen molar-refractivity contribution in [3.63, 3.8) is 0 Å². The molecule has 0 amide bonds. The molecular weight excluding hydrogens is 921 g/mol. The lowest BCUT2D eigenvalue weighted by atomic mass is 10.4. The molecule has 8 heteroatoms. The van der Waals surface area contributed by atoms with Gasteiger partial charge in [0.05, 0.1) is 14.2 Å². The third-order valence-electron chi connectivity index (χ3n) is 4.57. The van der Waals surface area contributed by atoms with E-state index in [4.69, 9.17) is 0 Å². The molecule has 424 valence electrons. The molecule has 6 rings (SSSR count). The minimum Gasteiger partial charge on any atom is -0.469 e. The molecular formula is C66H112O8. The first kappa shape index (κ1) is 96.9. The van der Waals surface area contributed by atoms with Gasteiger partial charge < -0.3 is 28.5 Å². The lowest BCUT2D eigenvalue weighted by Gasteiger charge is -1.80. The summed E-state index contributed by atoms with van der Waals surface area (Å²) in [6, 6.07) is 72.0. The molecule has 0 aliphatic rings. The van der Waals surface area contributed by atoms with Gasteiger partial charge in [-0.1, -0.05) is 314 Å². The Hall–Kier alpha value is -6.48. The second kappa shape index (κ2) is 126. The predicted octanol–water partition coefficient (Wildman–Crippen LogP) is 19.1. The van der Waals surface area contributed by atoms with Crippen molar-refractivity contribution in [2.45, 2.75) is 137 Å². The summed E-state index contributed by atoms with van der Waals surface area (Å²) in [4.78, 5) is 38.1. The summed E-state index contributed by atoms with van der Waals surface area (Å²) in [6.07, 6.45) is 2.50. The molecule has 0 N–H and O–H groups in total. The number of ketones is 2. The van der Waals surface area contributed by atoms with Gasteiger partial charge in [-0.3, -0.25) is 9.59 Å². The molecule has 0 aliphatic carbocycles. The summed E-state index contributed by atoms with van der Waals surface area (Å²) in [5, 5.41) is 0. The molecule has 0 aliphatic heterocycles. The van der Waals surface area contributed by atoms with Crippen LogP contribution in [0.25, 0.3) is 0 Å². The number of rotatable bonds is 0. The summed E-state index contributed by atoms with van der Waals surface area (Å²) in [7, 11) is 9.20. The van der Waals surface area contributed by atoms with Crippen molar-refractivity contribution in [1.82, 2.24) is 0 Å². The Labute approximate surface area is 458 Å². The molecule has 6 aromatic carbocycles. The van der Waals surface area contributed by atoms with Crippen LogP contribution in [-0.2, 0) is 38.1 Å². The van der Waals surface area contributed by atoms with E-state index < -0.39 is 0 Å². The van der Waals surface area contributed by atoms with E-state index in [2.05, 4.69) is 46.6 Å². The van der Waals surface area contributed by atoms with Crippen molar-refractivity contribution in [3.8, 4) is 0 Å². The largest absolute Gasteiger partial charge is 0.469 e. The monoisotopic (exact) mass is 1030 g/mol. The van der Waals surface area contributed by atoms with Gasteiger partial charge in [-0.25, -0.2) is 0 Å². The van der Waals surface area contributed by atoms with Gasteiger partial charge in [-0.05, 0) is 27.7 Å². The normalized spacial score (nSPS) is 6.81. The topological polar surface area (TPSA) is 105 Å². The number of Topliss-reactive ketones (excluding diaryl/α,β-unsaturated/α-hetero) is 2. The number of hydrogen-bond acceptors (Lipinski definition) is 8. The average Bonchev–Trinajstić information content (AvgIpc) is 3.45. The average molecular weight is 1030 g/mol. The second-order valence-corrected chi connectivity index (χ2v) is 12.4. The molecule has 0 fully saturated rings. The van der Waals surface area contributed by atoms with Crippen LogP contribution in [0.2, 0.25) is 0 Å². The molecule has 0 atom stereocenters. The summed E-state index contributed by atoms with van der Waals surface area (Å²) in [6.45, 7) is 33.3. The van der Waals surface area contributed by atoms with Crippen LogP contribution in [0.4, 0.5) is 0 Å². The molecule has 0 saturated heterocycles. The van der Waals surface area contributed by atoms with Crippen LogP contribution in [0.1, 0.15) is 137 Å². The van der Waals surface area contributed by atoms with Gasteiger partial charge in [0.25, 0.3) is 0 Å². The van der Waals surface area contributed by atoms with Crippen molar-refractivity contribution >= 4 is 23.5 Å². The summed E-state index contributed by atoms with van der Waals surface area (Å²) < 4.78 is 16.7. The van der Waals surface area contributed by atoms with Crippen molar-refractivity contribution in [2.75, 3.05) is 42.7 Å². The molecule has 0 heterocycles. The highest BCUT2D eigenvalue weighted by Gasteiger charge is 1.76. The van der Waals surface area contributed by atoms with E-state index >= 15 is 0 Å². The number of esters is 2. The zero-order chi connectivity index (χ0) is 60.0. The van der Waals surface area contributed by atoms with E-state index in [1.807, 2.05) is 274 Å². The smallest absolute Gasteiger partial charge is 0.302 e. The zero-order valence-electron chi connectivity index (χ0n) is 51.5. The SMILES string of the molecule is CC.CC.CC.CC.CC(C)=O.CC(C)=O.CCC.CCC.COC.COC.COC(C)=O.COC(C)=O.c1ccccc1.c1ccccc1.c1ccccc1.c1ccccc1.c1ccccc1.c1ccccc1. The summed E-state index contributed by atoms with van der Waals surface area (Å²) >= 11 is 0. The first-order chi connectivity index (χ1) is 35.7. The van der Waals surface area contributed by atoms with Gasteiger partial charge in [-0.2, -0.15) is 0 Å². The Morgan fingerprint density at radius 3 is 0.270 bits per heavy atom. The van der Waals surface area contributed by atoms with Crippen LogP contribution in [0.5, 0.6) is 0 Å². The van der Waals surface area contributed by atoms with E-state index in [-0.39, 0.29) is 23.5 Å². The first-order valence-corrected chi connectivity index (χ1v) is 25.5. The third kappa shape index (κ3) is 243. The highest BCUT2D eigenvalue weighted by molar-refractivity contribution is 5.72. The number of ether oxygens (including phenoxy) is 4. The second-order valence-electron chi connectivity index (χ2n) is 12.4. The van der Waals surface area contributed by atoms with Crippen molar-refractivity contribution in [2.24, 2.45) is 0 Å². The fourth-order valence-corrected chi connectivity index (χ4v) is 2.31. The van der Waals surface area contributed by atoms with Crippen LogP contribution >= 0.6 is 0 Å². The highest BCUT2D eigenvalue weighted by Crippen LogP contribution is 1.83. The molecule has 0 spiro atoms. The van der Waals surface area contributed by atoms with Gasteiger partial charge >= 0.3 is 11.9 Å². The van der Waals surface area contributed by atoms with E-state index in [0.29, 0.717) is 0 Å². The maximum Gasteiger partial charge on any atom is 0.302 e. The Morgan fingerprint density at radius 2 is 0.257 bits per heavy atom. The van der Waals surface area contributed by atoms with E-state index in [1.54, 1.807) is 28.4 Å². The minimum atomic E-state index is -0.245. The van der Waals surface area contributed by atoms with E-state index in [9.17, 15) is 19.2 Å². The Kier molecular flexibility index (Phi) is 166. The number of benzene rings is 6. The molecule has 0 aromatic heterocycles. The van der Waals surface area contributed by atoms with Crippen LogP contribution < -0.4 is 0 Å². The molecule has 74 heavy (non-hydrogen) atoms. The Balaban J connectivity index is -0.0000000558. The van der Waals surface area contributed by atoms with Gasteiger partial charge in [0.1, 0.15) is 11.6 Å². The molecule has 0 unspecified atom stereocenters. The quantitative estimate of drug-likeness (QED) is 0.139. The van der Waals surface area contributed by atoms with Gasteiger partial charge in [0.15, 0.2) is 0 Å². The molecule has 0 bridgehead atoms. The van der Waals surface area contributed by atoms with Crippen LogP contribution in [0, 0.1) is 0 Å². The fraction of sp³-hybridized carbons (Fsp3) is 0.394. The van der Waals surface area contributed by atoms with Crippen molar-refractivity contribution in [3.05, 3.63) is 218 Å². The van der Waals surface area contributed by atoms with Gasteiger partial charge in [0, 0.05) is 42.3 Å². The Bertz CT molecular complexity index is 1150. The maximum atomic E-state index is 9.59. The number of carbonyl (C=O) groups excluding carboxylic acids is 4. The van der Waals surface area contributed by atoms with E-state index in [1.165, 1.54) is 68.6 Å². The van der Waals surface area contributed by atoms with E-state index in [0.717, 1.165) is 0 Å². The van der Waals surface area contributed by atoms with Gasteiger partial charge in [-0.15, -0.1) is 0 Å². The molecule has 0 radical (unpaired) electrons. The van der Waals surface area contributed by atoms with Crippen LogP contribution in [-0.4, -0.2) is 66.2 Å². The maximum absolute atomic E-state index is 9.59. The third-order valence-corrected chi connectivity index (χ3v) is 4.57. The van der Waals surface area contributed by atoms with Crippen LogP contribution in [0.15, 0.2) is 218 Å². The fourth-order valence-electron chi connectivity index (χ4n) is 2.31. The molecule has 8 nitrogen and oxygen atoms in total. The summed E-state index contributed by atoms with van der Waals surface area (Å²) in [5.74, 6) is -0.157. The minimum absolute atomic E-state index is 0.167. The lowest BCUT2D eigenvalue weighted by Crippen LogP contribution is -1.88. The standard InChI is InChI=1S/6C6H6.2C3H6O2.2C3H6O.2C3H8.2C2H6O.4C2H6/c6*1-2-4-6-5-3-1;2*1-3(4)5-2;2*1-3(2)4;4*1-3-2;4*1-2/h6*1-6H;2*1-2H3;2*1-2H3;2*3H2,1-2H3;2*1-2H3;4*1-2H3. The molecule has 0 saturated carbocycles. The molecule has 6 aromatic rings. The Morgan fingerprint density at radius 1 is 0.230 bits per heavy atom. The number of methoxy groups -OCH3 is 4. The lowest BCUT2D eigenvalue weighted by molar-refractivity contribution is -0.138. The number of carbonyl (C=O) groups is 4. The van der Waals surface area contributed by atoms with Crippen LogP contribution in [0.3, 0.4) is 0 Å². The zero-order valence-corrected chi connectivity index (χ0v) is 51.5. The van der Waals surface area contributed by atoms with Crippen molar-refractivity contribution in [1.29, 1.82) is 0 Å². The van der Waals surface area contributed by atoms with Gasteiger partial charge in [0.2, 0.25) is 0 Å². The van der Waals surface area contributed by atoms with Crippen molar-refractivity contribution < 1.29 is 38.1 Å². The number of hydrogen-bond donors (Lipinski definition) is 0. The highest BCUT2D eigenvalue weighted by atomic mass is 16.5. The summed E-state index contributed by atoms with van der Waals surface area (Å²) in [5.41, 5.74) is 0.